The topological polar surface area (TPSA) is 53.0 Å². The number of amides is 3. The van der Waals surface area contributed by atoms with Gasteiger partial charge in [0.15, 0.2) is 0 Å². The first-order valence-electron chi connectivity index (χ1n) is 4.94. The van der Waals surface area contributed by atoms with E-state index in [0.29, 0.717) is 19.5 Å². The number of hydrazone groups is 1. The van der Waals surface area contributed by atoms with Crippen molar-refractivity contribution in [2.75, 3.05) is 13.1 Å². The van der Waals surface area contributed by atoms with Gasteiger partial charge in [0.2, 0.25) is 6.41 Å². The van der Waals surface area contributed by atoms with Gasteiger partial charge in [0.05, 0.1) is 19.3 Å². The van der Waals surface area contributed by atoms with E-state index in [1.807, 2.05) is 30.3 Å². The van der Waals surface area contributed by atoms with Crippen LogP contribution in [0.2, 0.25) is 0 Å². The van der Waals surface area contributed by atoms with Crippen molar-refractivity contribution in [3.63, 3.8) is 0 Å². The largest absolute Gasteiger partial charge is 0.347 e. The Balaban J connectivity index is 2.04. The number of hydrogen-bond donors (Lipinski definition) is 0. The highest BCUT2D eigenvalue weighted by Gasteiger charge is 2.27. The molecule has 0 aliphatic carbocycles. The fourth-order valence-electron chi connectivity index (χ4n) is 1.42. The highest BCUT2D eigenvalue weighted by atomic mass is 16.2. The molecule has 0 unspecified atom stereocenters. The van der Waals surface area contributed by atoms with Crippen molar-refractivity contribution in [1.82, 2.24) is 9.91 Å². The Kier molecular flexibility index (Phi) is 2.95. The number of carbonyl (C=O) groups excluding carboxylic acids is 2. The van der Waals surface area contributed by atoms with Crippen LogP contribution in [0.3, 0.4) is 0 Å². The summed E-state index contributed by atoms with van der Waals surface area (Å²) >= 11 is 0. The van der Waals surface area contributed by atoms with Crippen LogP contribution in [0, 0.1) is 0 Å². The molecule has 0 atom stereocenters. The van der Waals surface area contributed by atoms with Gasteiger partial charge in [-0.1, -0.05) is 30.3 Å². The van der Waals surface area contributed by atoms with E-state index in [1.165, 1.54) is 5.01 Å². The van der Waals surface area contributed by atoms with E-state index in [2.05, 4.69) is 5.10 Å². The second-order valence-electron chi connectivity index (χ2n) is 3.36. The van der Waals surface area contributed by atoms with Gasteiger partial charge in [-0.05, 0) is 5.56 Å². The molecular formula is C11H11N3O2. The molecule has 0 radical (unpaired) electrons. The molecule has 82 valence electrons. The average Bonchev–Trinajstić information content (AvgIpc) is 2.69. The van der Waals surface area contributed by atoms with E-state index in [9.17, 15) is 9.59 Å². The molecule has 5 heteroatoms. The van der Waals surface area contributed by atoms with Gasteiger partial charge in [-0.25, -0.2) is 9.80 Å². The zero-order chi connectivity index (χ0) is 11.4. The van der Waals surface area contributed by atoms with Crippen LogP contribution < -0.4 is 0 Å². The quantitative estimate of drug-likeness (QED) is 0.558. The molecule has 5 nitrogen and oxygen atoms in total. The number of benzene rings is 1. The molecule has 0 spiro atoms. The van der Waals surface area contributed by atoms with Crippen molar-refractivity contribution >= 4 is 18.7 Å². The third kappa shape index (κ3) is 2.08. The Morgan fingerprint density at radius 1 is 1.19 bits per heavy atom. The molecule has 16 heavy (non-hydrogen) atoms. The maximum absolute atomic E-state index is 11.5. The molecule has 1 heterocycles. The number of hydrogen-bond acceptors (Lipinski definition) is 3. The SMILES string of the molecule is O=CN1CCN(N=Cc2ccccc2)C1=O. The molecule has 2 rings (SSSR count). The minimum absolute atomic E-state index is 0.373. The van der Waals surface area contributed by atoms with Crippen molar-refractivity contribution in [2.24, 2.45) is 5.10 Å². The molecule has 1 aliphatic rings. The van der Waals surface area contributed by atoms with E-state index in [1.54, 1.807) is 6.21 Å². The lowest BCUT2D eigenvalue weighted by Gasteiger charge is -2.07. The summed E-state index contributed by atoms with van der Waals surface area (Å²) in [5.41, 5.74) is 0.917. The zero-order valence-electron chi connectivity index (χ0n) is 8.61. The molecular weight excluding hydrogens is 206 g/mol. The highest BCUT2D eigenvalue weighted by molar-refractivity contribution is 5.88. The molecule has 1 saturated heterocycles. The van der Waals surface area contributed by atoms with Gasteiger partial charge in [0.1, 0.15) is 0 Å². The number of carbonyl (C=O) groups is 2. The van der Waals surface area contributed by atoms with Gasteiger partial charge in [-0.3, -0.25) is 9.69 Å². The summed E-state index contributed by atoms with van der Waals surface area (Å²) in [7, 11) is 0. The smallest absolute Gasteiger partial charge is 0.278 e. The summed E-state index contributed by atoms with van der Waals surface area (Å²) in [6.07, 6.45) is 2.13. The van der Waals surface area contributed by atoms with Crippen molar-refractivity contribution in [1.29, 1.82) is 0 Å². The molecule has 1 aromatic carbocycles. The van der Waals surface area contributed by atoms with E-state index in [-0.39, 0.29) is 6.03 Å². The third-order valence-corrected chi connectivity index (χ3v) is 2.29. The molecule has 3 amide bonds. The Morgan fingerprint density at radius 2 is 1.94 bits per heavy atom. The van der Waals surface area contributed by atoms with Gasteiger partial charge < -0.3 is 0 Å². The van der Waals surface area contributed by atoms with E-state index >= 15 is 0 Å². The van der Waals surface area contributed by atoms with Crippen LogP contribution in [0.5, 0.6) is 0 Å². The fourth-order valence-corrected chi connectivity index (χ4v) is 1.42. The molecule has 0 bridgehead atoms. The second kappa shape index (κ2) is 4.57. The summed E-state index contributed by atoms with van der Waals surface area (Å²) in [5, 5.41) is 5.31. The minimum Gasteiger partial charge on any atom is -0.278 e. The lowest BCUT2D eigenvalue weighted by atomic mass is 10.2. The summed E-state index contributed by atoms with van der Waals surface area (Å²) in [6.45, 7) is 0.843. The number of rotatable bonds is 3. The normalized spacial score (nSPS) is 16.1. The molecule has 1 fully saturated rings. The summed E-state index contributed by atoms with van der Waals surface area (Å²) < 4.78 is 0. The van der Waals surface area contributed by atoms with Crippen molar-refractivity contribution in [3.8, 4) is 0 Å². The molecule has 0 saturated carbocycles. The Bertz CT molecular complexity index is 416. The van der Waals surface area contributed by atoms with Crippen LogP contribution in [-0.4, -0.2) is 41.7 Å². The van der Waals surface area contributed by atoms with E-state index in [4.69, 9.17) is 0 Å². The Morgan fingerprint density at radius 3 is 2.56 bits per heavy atom. The fraction of sp³-hybridized carbons (Fsp3) is 0.182. The predicted octanol–water partition coefficient (Wildman–Crippen LogP) is 0.914. The highest BCUT2D eigenvalue weighted by Crippen LogP contribution is 2.06. The molecule has 1 aromatic rings. The number of urea groups is 1. The molecule has 0 aromatic heterocycles. The van der Waals surface area contributed by atoms with E-state index in [0.717, 1.165) is 10.5 Å². The first kappa shape index (κ1) is 10.4. The van der Waals surface area contributed by atoms with Crippen LogP contribution >= 0.6 is 0 Å². The van der Waals surface area contributed by atoms with Crippen molar-refractivity contribution in [2.45, 2.75) is 0 Å². The standard InChI is InChI=1S/C11H11N3O2/c15-9-13-6-7-14(11(13)16)12-8-10-4-2-1-3-5-10/h1-5,8-9H,6-7H2. The first-order valence-corrected chi connectivity index (χ1v) is 4.94. The first-order chi connectivity index (χ1) is 7.81. The van der Waals surface area contributed by atoms with Gasteiger partial charge in [0.25, 0.3) is 0 Å². The number of nitrogens with zero attached hydrogens (tertiary/aromatic N) is 3. The van der Waals surface area contributed by atoms with Gasteiger partial charge in [-0.2, -0.15) is 5.10 Å². The number of imide groups is 1. The van der Waals surface area contributed by atoms with E-state index < -0.39 is 0 Å². The van der Waals surface area contributed by atoms with Crippen LogP contribution in [-0.2, 0) is 4.79 Å². The predicted molar refractivity (Wildman–Crippen MR) is 58.9 cm³/mol. The third-order valence-electron chi connectivity index (χ3n) is 2.29. The lowest BCUT2D eigenvalue weighted by molar-refractivity contribution is -0.115. The summed E-state index contributed by atoms with van der Waals surface area (Å²) in [5.74, 6) is 0. The zero-order valence-corrected chi connectivity index (χ0v) is 8.61. The molecule has 1 aliphatic heterocycles. The van der Waals surface area contributed by atoms with Crippen LogP contribution in [0.15, 0.2) is 35.4 Å². The maximum Gasteiger partial charge on any atom is 0.347 e. The van der Waals surface area contributed by atoms with Crippen molar-refractivity contribution in [3.05, 3.63) is 35.9 Å². The van der Waals surface area contributed by atoms with Crippen LogP contribution in [0.25, 0.3) is 0 Å². The lowest BCUT2D eigenvalue weighted by Crippen LogP contribution is -2.27. The molecule has 0 N–H and O–H groups in total. The van der Waals surface area contributed by atoms with Crippen LogP contribution in [0.1, 0.15) is 5.56 Å². The van der Waals surface area contributed by atoms with Crippen LogP contribution in [0.4, 0.5) is 4.79 Å². The summed E-state index contributed by atoms with van der Waals surface area (Å²) in [4.78, 5) is 23.0. The Labute approximate surface area is 93.0 Å². The van der Waals surface area contributed by atoms with Gasteiger partial charge in [-0.15, -0.1) is 0 Å². The summed E-state index contributed by atoms with van der Waals surface area (Å²) in [6, 6.07) is 9.10. The minimum atomic E-state index is -0.373. The van der Waals surface area contributed by atoms with Crippen molar-refractivity contribution < 1.29 is 9.59 Å². The maximum atomic E-state index is 11.5. The average molecular weight is 217 g/mol. The second-order valence-corrected chi connectivity index (χ2v) is 3.36. The Hall–Kier alpha value is -2.17. The monoisotopic (exact) mass is 217 g/mol. The van der Waals surface area contributed by atoms with Gasteiger partial charge >= 0.3 is 6.03 Å². The van der Waals surface area contributed by atoms with Gasteiger partial charge in [0, 0.05) is 0 Å².